The van der Waals surface area contributed by atoms with Gasteiger partial charge in [-0.25, -0.2) is 9.78 Å². The summed E-state index contributed by atoms with van der Waals surface area (Å²) in [6.07, 6.45) is 0. The first-order valence-electron chi connectivity index (χ1n) is 4.94. The Labute approximate surface area is 107 Å². The number of nitrogen functional groups attached to an aromatic ring is 1. The van der Waals surface area contributed by atoms with Crippen LogP contribution in [0.2, 0.25) is 0 Å². The second kappa shape index (κ2) is 4.46. The van der Waals surface area contributed by atoms with Crippen molar-refractivity contribution in [1.82, 2.24) is 4.98 Å². The normalized spacial score (nSPS) is 10.5. The predicted octanol–water partition coefficient (Wildman–Crippen LogP) is 2.86. The second-order valence-corrected chi connectivity index (χ2v) is 5.64. The quantitative estimate of drug-likeness (QED) is 0.851. The number of methoxy groups -OCH3 is 1. The molecule has 0 radical (unpaired) electrons. The van der Waals surface area contributed by atoms with Crippen molar-refractivity contribution in [1.29, 1.82) is 0 Å². The van der Waals surface area contributed by atoms with Crippen LogP contribution in [0.1, 0.15) is 21.1 Å². The summed E-state index contributed by atoms with van der Waals surface area (Å²) in [6.45, 7) is 3.86. The maximum atomic E-state index is 11.7. The molecule has 90 valence electrons. The molecule has 0 aliphatic carbocycles. The highest BCUT2D eigenvalue weighted by molar-refractivity contribution is 7.17. The smallest absolute Gasteiger partial charge is 0.341 e. The van der Waals surface area contributed by atoms with E-state index in [1.807, 2.05) is 19.2 Å². The molecule has 4 nitrogen and oxygen atoms in total. The molecule has 0 spiro atoms. The van der Waals surface area contributed by atoms with E-state index in [1.54, 1.807) is 11.3 Å². The molecule has 2 aromatic heterocycles. The Bertz CT molecular complexity index is 572. The van der Waals surface area contributed by atoms with Crippen molar-refractivity contribution in [2.45, 2.75) is 13.8 Å². The van der Waals surface area contributed by atoms with Crippen LogP contribution in [0.4, 0.5) is 5.00 Å². The van der Waals surface area contributed by atoms with E-state index in [1.165, 1.54) is 18.4 Å². The fraction of sp³-hybridized carbons (Fsp3) is 0.273. The van der Waals surface area contributed by atoms with Crippen molar-refractivity contribution in [2.24, 2.45) is 0 Å². The van der Waals surface area contributed by atoms with Gasteiger partial charge < -0.3 is 10.5 Å². The van der Waals surface area contributed by atoms with Gasteiger partial charge in [0, 0.05) is 10.9 Å². The van der Waals surface area contributed by atoms with Crippen LogP contribution >= 0.6 is 22.7 Å². The van der Waals surface area contributed by atoms with E-state index in [4.69, 9.17) is 10.5 Å². The minimum Gasteiger partial charge on any atom is -0.465 e. The summed E-state index contributed by atoms with van der Waals surface area (Å²) in [5.74, 6) is -0.399. The number of hydrogen-bond acceptors (Lipinski definition) is 6. The van der Waals surface area contributed by atoms with Crippen LogP contribution < -0.4 is 5.73 Å². The summed E-state index contributed by atoms with van der Waals surface area (Å²) >= 11 is 2.90. The number of nitrogens with zero attached hydrogens (tertiary/aromatic N) is 1. The summed E-state index contributed by atoms with van der Waals surface area (Å²) in [7, 11) is 1.36. The molecule has 2 aromatic rings. The first-order chi connectivity index (χ1) is 8.04. The lowest BCUT2D eigenvalue weighted by Gasteiger charge is -2.02. The molecule has 6 heteroatoms. The molecule has 2 heterocycles. The Morgan fingerprint density at radius 1 is 1.47 bits per heavy atom. The third-order valence-corrected chi connectivity index (χ3v) is 4.27. The highest BCUT2D eigenvalue weighted by Crippen LogP contribution is 2.38. The maximum absolute atomic E-state index is 11.7. The molecule has 0 saturated carbocycles. The Kier molecular flexibility index (Phi) is 3.17. The highest BCUT2D eigenvalue weighted by Gasteiger charge is 2.21. The SMILES string of the molecule is COC(=O)c1c(-c2sc(C)nc2C)csc1N. The number of thiophene rings is 1. The minimum atomic E-state index is -0.399. The van der Waals surface area contributed by atoms with E-state index in [0.717, 1.165) is 21.1 Å². The fourth-order valence-electron chi connectivity index (χ4n) is 1.63. The Hall–Kier alpha value is -1.40. The first-order valence-corrected chi connectivity index (χ1v) is 6.64. The largest absolute Gasteiger partial charge is 0.465 e. The molecule has 0 aliphatic rings. The van der Waals surface area contributed by atoms with Gasteiger partial charge in [-0.15, -0.1) is 22.7 Å². The lowest BCUT2D eigenvalue weighted by Crippen LogP contribution is -2.04. The zero-order chi connectivity index (χ0) is 12.6. The summed E-state index contributed by atoms with van der Waals surface area (Å²) in [4.78, 5) is 17.0. The average Bonchev–Trinajstić information content (AvgIpc) is 2.80. The highest BCUT2D eigenvalue weighted by atomic mass is 32.1. The van der Waals surface area contributed by atoms with Crippen molar-refractivity contribution in [3.63, 3.8) is 0 Å². The fourth-order valence-corrected chi connectivity index (χ4v) is 3.44. The van der Waals surface area contributed by atoms with Gasteiger partial charge in [-0.3, -0.25) is 0 Å². The lowest BCUT2D eigenvalue weighted by molar-refractivity contribution is 0.0603. The molecule has 0 fully saturated rings. The summed E-state index contributed by atoms with van der Waals surface area (Å²) in [5, 5.41) is 3.33. The Morgan fingerprint density at radius 3 is 2.71 bits per heavy atom. The number of ether oxygens (including phenoxy) is 1. The third-order valence-electron chi connectivity index (χ3n) is 2.36. The first kappa shape index (κ1) is 12.1. The van der Waals surface area contributed by atoms with Crippen LogP contribution in [0, 0.1) is 13.8 Å². The topological polar surface area (TPSA) is 65.2 Å². The van der Waals surface area contributed by atoms with Crippen LogP contribution in [-0.4, -0.2) is 18.1 Å². The van der Waals surface area contributed by atoms with E-state index < -0.39 is 5.97 Å². The van der Waals surface area contributed by atoms with E-state index in [2.05, 4.69) is 4.98 Å². The van der Waals surface area contributed by atoms with Gasteiger partial charge in [0.15, 0.2) is 0 Å². The molecule has 2 rings (SSSR count). The van der Waals surface area contributed by atoms with Crippen molar-refractivity contribution >= 4 is 33.6 Å². The van der Waals surface area contributed by atoms with Gasteiger partial charge in [-0.1, -0.05) is 0 Å². The van der Waals surface area contributed by atoms with Crippen molar-refractivity contribution in [3.8, 4) is 10.4 Å². The number of carbonyl (C=O) groups excluding carboxylic acids is 1. The van der Waals surface area contributed by atoms with Gasteiger partial charge in [0.1, 0.15) is 10.6 Å². The molecule has 0 aliphatic heterocycles. The van der Waals surface area contributed by atoms with Gasteiger partial charge in [-0.2, -0.15) is 0 Å². The number of rotatable bonds is 2. The zero-order valence-electron chi connectivity index (χ0n) is 9.73. The number of anilines is 1. The van der Waals surface area contributed by atoms with E-state index in [0.29, 0.717) is 10.6 Å². The van der Waals surface area contributed by atoms with Crippen molar-refractivity contribution < 1.29 is 9.53 Å². The number of esters is 1. The monoisotopic (exact) mass is 268 g/mol. The number of hydrogen-bond donors (Lipinski definition) is 1. The molecule has 0 amide bonds. The van der Waals surface area contributed by atoms with Crippen LogP contribution in [0.25, 0.3) is 10.4 Å². The lowest BCUT2D eigenvalue weighted by atomic mass is 10.1. The van der Waals surface area contributed by atoms with Gasteiger partial charge in [0.2, 0.25) is 0 Å². The van der Waals surface area contributed by atoms with Crippen LogP contribution in [0.3, 0.4) is 0 Å². The summed E-state index contributed by atoms with van der Waals surface area (Å²) < 4.78 is 4.76. The van der Waals surface area contributed by atoms with E-state index in [9.17, 15) is 4.79 Å². The van der Waals surface area contributed by atoms with Gasteiger partial charge >= 0.3 is 5.97 Å². The number of thiazole rings is 1. The summed E-state index contributed by atoms with van der Waals surface area (Å²) in [6, 6.07) is 0. The van der Waals surface area contributed by atoms with E-state index >= 15 is 0 Å². The second-order valence-electron chi connectivity index (χ2n) is 3.53. The Balaban J connectivity index is 2.60. The molecule has 0 aromatic carbocycles. The van der Waals surface area contributed by atoms with E-state index in [-0.39, 0.29) is 0 Å². The molecule has 0 atom stereocenters. The summed E-state index contributed by atoms with van der Waals surface area (Å²) in [5.41, 5.74) is 8.00. The van der Waals surface area contributed by atoms with Gasteiger partial charge in [0.05, 0.1) is 22.7 Å². The molecule has 0 bridgehead atoms. The molecular formula is C11H12N2O2S2. The standard InChI is InChI=1S/C11H12N2O2S2/c1-5-9(17-6(2)13-5)7-4-16-10(12)8(7)11(14)15-3/h4H,12H2,1-3H3. The van der Waals surface area contributed by atoms with Gasteiger partial charge in [-0.05, 0) is 13.8 Å². The average molecular weight is 268 g/mol. The molecule has 2 N–H and O–H groups in total. The predicted molar refractivity (Wildman–Crippen MR) is 70.7 cm³/mol. The molecular weight excluding hydrogens is 256 g/mol. The molecule has 17 heavy (non-hydrogen) atoms. The number of aryl methyl sites for hydroxylation is 2. The number of carbonyl (C=O) groups is 1. The number of nitrogens with two attached hydrogens (primary N) is 1. The molecule has 0 unspecified atom stereocenters. The zero-order valence-corrected chi connectivity index (χ0v) is 11.4. The Morgan fingerprint density at radius 2 is 2.18 bits per heavy atom. The third kappa shape index (κ3) is 2.05. The van der Waals surface area contributed by atoms with Crippen molar-refractivity contribution in [2.75, 3.05) is 12.8 Å². The maximum Gasteiger partial charge on any atom is 0.341 e. The van der Waals surface area contributed by atoms with Crippen LogP contribution in [0.15, 0.2) is 5.38 Å². The van der Waals surface area contributed by atoms with Crippen LogP contribution in [-0.2, 0) is 4.74 Å². The number of aromatic nitrogens is 1. The van der Waals surface area contributed by atoms with Gasteiger partial charge in [0.25, 0.3) is 0 Å². The van der Waals surface area contributed by atoms with Crippen molar-refractivity contribution in [3.05, 3.63) is 21.6 Å². The van der Waals surface area contributed by atoms with Crippen LogP contribution in [0.5, 0.6) is 0 Å². The molecule has 0 saturated heterocycles. The minimum absolute atomic E-state index is 0.399.